The number of rotatable bonds is 4. The van der Waals surface area contributed by atoms with Crippen LogP contribution in [0, 0.1) is 17.8 Å². The number of allylic oxidation sites excluding steroid dienone is 4. The van der Waals surface area contributed by atoms with E-state index in [1.165, 1.54) is 36.2 Å². The average Bonchev–Trinajstić information content (AvgIpc) is 3.17. The quantitative estimate of drug-likeness (QED) is 0.596. The highest BCUT2D eigenvalue weighted by Gasteiger charge is 2.52. The zero-order valence-corrected chi connectivity index (χ0v) is 20.2. The van der Waals surface area contributed by atoms with E-state index >= 15 is 0 Å². The summed E-state index contributed by atoms with van der Waals surface area (Å²) in [5, 5.41) is 3.55. The molecule has 1 aliphatic heterocycles. The van der Waals surface area contributed by atoms with Gasteiger partial charge in [-0.1, -0.05) is 86.8 Å². The Labute approximate surface area is 189 Å². The van der Waals surface area contributed by atoms with Gasteiger partial charge in [0.2, 0.25) is 0 Å². The maximum Gasteiger partial charge on any atom is 0.126 e. The summed E-state index contributed by atoms with van der Waals surface area (Å²) in [4.78, 5) is 0. The Hall–Kier alpha value is -1.94. The molecule has 1 heterocycles. The zero-order chi connectivity index (χ0) is 21.4. The molecule has 4 atom stereocenters. The summed E-state index contributed by atoms with van der Waals surface area (Å²) in [6, 6.07) is 20.0. The molecule has 0 bridgehead atoms. The lowest BCUT2D eigenvalue weighted by atomic mass is 9.81. The summed E-state index contributed by atoms with van der Waals surface area (Å²) in [6.45, 7) is 12.6. The molecule has 1 N–H and O–H groups in total. The van der Waals surface area contributed by atoms with Gasteiger partial charge in [0.1, 0.15) is 8.24 Å². The van der Waals surface area contributed by atoms with Gasteiger partial charge >= 0.3 is 0 Å². The molecule has 162 valence electrons. The molecule has 0 radical (unpaired) electrons. The van der Waals surface area contributed by atoms with E-state index in [4.69, 9.17) is 0 Å². The lowest BCUT2D eigenvalue weighted by molar-refractivity contribution is 0.341. The predicted octanol–water partition coefficient (Wildman–Crippen LogP) is 6.06. The van der Waals surface area contributed by atoms with Crippen molar-refractivity contribution in [1.29, 1.82) is 0 Å². The summed E-state index contributed by atoms with van der Waals surface area (Å²) >= 11 is 0. The molecule has 2 aliphatic carbocycles. The van der Waals surface area contributed by atoms with Crippen molar-refractivity contribution < 1.29 is 0 Å². The van der Waals surface area contributed by atoms with E-state index in [2.05, 4.69) is 103 Å². The number of hydrogen-bond acceptors (Lipinski definition) is 2. The topological polar surface area (TPSA) is 15.3 Å². The van der Waals surface area contributed by atoms with Crippen molar-refractivity contribution >= 4 is 13.8 Å². The lowest BCUT2D eigenvalue weighted by Gasteiger charge is -2.47. The summed E-state index contributed by atoms with van der Waals surface area (Å²) in [6.07, 6.45) is 8.64. The van der Waals surface area contributed by atoms with Crippen LogP contribution in [0.4, 0.5) is 0 Å². The number of hydrogen-bond donors (Lipinski definition) is 1. The van der Waals surface area contributed by atoms with Gasteiger partial charge in [-0.2, -0.15) is 0 Å². The Kier molecular flexibility index (Phi) is 5.76. The van der Waals surface area contributed by atoms with Crippen LogP contribution in [-0.4, -0.2) is 39.0 Å². The normalized spacial score (nSPS) is 28.9. The van der Waals surface area contributed by atoms with E-state index in [0.29, 0.717) is 11.8 Å². The minimum Gasteiger partial charge on any atom is -0.321 e. The number of piperazine rings is 1. The van der Waals surface area contributed by atoms with Gasteiger partial charge in [0, 0.05) is 26.2 Å². The first-order valence-corrected chi connectivity index (χ1v) is 15.1. The van der Waals surface area contributed by atoms with Crippen LogP contribution in [0.3, 0.4) is 0 Å². The van der Waals surface area contributed by atoms with Crippen LogP contribution < -0.4 is 5.32 Å². The van der Waals surface area contributed by atoms with Crippen molar-refractivity contribution in [2.24, 2.45) is 17.8 Å². The smallest absolute Gasteiger partial charge is 0.126 e. The SMILES string of the molecule is CC1CC2C(c3cccc(-c4ccccc4)c3)=CC=CC2C1[Si](C)(C)N1CCNCC1. The molecule has 2 nitrogen and oxygen atoms in total. The second-order valence-electron chi connectivity index (χ2n) is 10.3. The molecule has 0 amide bonds. The molecule has 0 aromatic heterocycles. The van der Waals surface area contributed by atoms with Crippen molar-refractivity contribution in [2.45, 2.75) is 32.0 Å². The molecule has 2 aromatic rings. The van der Waals surface area contributed by atoms with Gasteiger partial charge in [0.25, 0.3) is 0 Å². The fourth-order valence-corrected chi connectivity index (χ4v) is 11.4. The summed E-state index contributed by atoms with van der Waals surface area (Å²) in [5.41, 5.74) is 6.42. The van der Waals surface area contributed by atoms with Crippen LogP contribution in [0.15, 0.2) is 72.8 Å². The van der Waals surface area contributed by atoms with Gasteiger partial charge in [-0.3, -0.25) is 0 Å². The van der Waals surface area contributed by atoms with E-state index in [0.717, 1.165) is 24.5 Å². The predicted molar refractivity (Wildman–Crippen MR) is 135 cm³/mol. The molecule has 1 saturated carbocycles. The van der Waals surface area contributed by atoms with E-state index in [1.807, 2.05) is 0 Å². The second-order valence-corrected chi connectivity index (χ2v) is 14.9. The highest BCUT2D eigenvalue weighted by molar-refractivity contribution is 6.76. The molecule has 3 aliphatic rings. The summed E-state index contributed by atoms with van der Waals surface area (Å²) in [5.74, 6) is 2.13. The van der Waals surface area contributed by atoms with Gasteiger partial charge in [-0.05, 0) is 58.0 Å². The van der Waals surface area contributed by atoms with Crippen molar-refractivity contribution in [3.05, 3.63) is 78.4 Å². The first-order chi connectivity index (χ1) is 15.1. The first-order valence-electron chi connectivity index (χ1n) is 12.1. The van der Waals surface area contributed by atoms with Gasteiger partial charge in [-0.25, -0.2) is 0 Å². The Balaban J connectivity index is 1.44. The molecule has 3 heteroatoms. The van der Waals surface area contributed by atoms with Gasteiger partial charge < -0.3 is 9.88 Å². The molecule has 4 unspecified atom stereocenters. The monoisotopic (exact) mass is 428 g/mol. The Morgan fingerprint density at radius 2 is 1.61 bits per heavy atom. The third kappa shape index (κ3) is 3.88. The number of benzene rings is 2. The Bertz CT molecular complexity index is 972. The molecule has 1 saturated heterocycles. The molecule has 0 spiro atoms. The van der Waals surface area contributed by atoms with Crippen molar-refractivity contribution in [3.63, 3.8) is 0 Å². The fourth-order valence-electron chi connectivity index (χ4n) is 6.77. The molecular weight excluding hydrogens is 392 g/mol. The first kappa shape index (κ1) is 20.9. The van der Waals surface area contributed by atoms with Crippen LogP contribution >= 0.6 is 0 Å². The molecular formula is C28H36N2Si. The minimum absolute atomic E-state index is 0.658. The lowest BCUT2D eigenvalue weighted by Crippen LogP contribution is -2.60. The van der Waals surface area contributed by atoms with Gasteiger partial charge in [-0.15, -0.1) is 0 Å². The third-order valence-corrected chi connectivity index (χ3v) is 12.8. The highest BCUT2D eigenvalue weighted by Crippen LogP contribution is 2.57. The largest absolute Gasteiger partial charge is 0.321 e. The zero-order valence-electron chi connectivity index (χ0n) is 19.2. The van der Waals surface area contributed by atoms with Crippen LogP contribution in [0.1, 0.15) is 18.9 Å². The van der Waals surface area contributed by atoms with Crippen LogP contribution in [0.2, 0.25) is 18.6 Å². The summed E-state index contributed by atoms with van der Waals surface area (Å²) in [7, 11) is -1.52. The van der Waals surface area contributed by atoms with Crippen molar-refractivity contribution in [3.8, 4) is 11.1 Å². The van der Waals surface area contributed by atoms with Gasteiger partial charge in [0.05, 0.1) is 0 Å². The minimum atomic E-state index is -1.52. The standard InChI is InChI=1S/C28H36N2Si/c1-21-19-27-25(24-12-7-11-23(20-24)22-9-5-4-6-10-22)13-8-14-26(27)28(21)31(2,3)30-17-15-29-16-18-30/h4-14,20-21,26-29H,15-19H2,1-3H3. The van der Waals surface area contributed by atoms with E-state index in [-0.39, 0.29) is 0 Å². The third-order valence-electron chi connectivity index (χ3n) is 8.18. The maximum atomic E-state index is 3.55. The van der Waals surface area contributed by atoms with E-state index < -0.39 is 8.24 Å². The number of nitrogens with one attached hydrogen (secondary N) is 1. The van der Waals surface area contributed by atoms with E-state index in [1.54, 1.807) is 5.57 Å². The maximum absolute atomic E-state index is 3.55. The Morgan fingerprint density at radius 3 is 2.39 bits per heavy atom. The van der Waals surface area contributed by atoms with Crippen LogP contribution in [-0.2, 0) is 0 Å². The highest BCUT2D eigenvalue weighted by atomic mass is 28.3. The summed E-state index contributed by atoms with van der Waals surface area (Å²) < 4.78 is 2.88. The van der Waals surface area contributed by atoms with E-state index in [9.17, 15) is 0 Å². The second kappa shape index (κ2) is 8.53. The van der Waals surface area contributed by atoms with Crippen LogP contribution in [0.25, 0.3) is 16.7 Å². The molecule has 2 aromatic carbocycles. The van der Waals surface area contributed by atoms with Gasteiger partial charge in [0.15, 0.2) is 0 Å². The number of nitrogens with zero attached hydrogens (tertiary/aromatic N) is 1. The molecule has 5 rings (SSSR count). The van der Waals surface area contributed by atoms with Crippen molar-refractivity contribution in [2.75, 3.05) is 26.2 Å². The number of fused-ring (bicyclic) bond motifs is 1. The molecule has 2 fully saturated rings. The van der Waals surface area contributed by atoms with Crippen molar-refractivity contribution in [1.82, 2.24) is 9.88 Å². The fraction of sp³-hybridized carbons (Fsp3) is 0.429. The molecule has 31 heavy (non-hydrogen) atoms. The average molecular weight is 429 g/mol. The Morgan fingerprint density at radius 1 is 0.903 bits per heavy atom. The van der Waals surface area contributed by atoms with Crippen LogP contribution in [0.5, 0.6) is 0 Å².